The molecule has 1 rings (SSSR count). The molecule has 0 fully saturated rings. The molecule has 0 aliphatic carbocycles. The summed E-state index contributed by atoms with van der Waals surface area (Å²) in [6, 6.07) is 7.09. The maximum absolute atomic E-state index is 13.2. The minimum atomic E-state index is -0.0543. The second-order valence-electron chi connectivity index (χ2n) is 4.58. The van der Waals surface area contributed by atoms with Gasteiger partial charge in [-0.2, -0.15) is 0 Å². The highest BCUT2D eigenvalue weighted by molar-refractivity contribution is 5.17. The largest absolute Gasteiger partial charge is 0.207 e. The molecular formula is C14H21F. The molecular weight excluding hydrogens is 187 g/mol. The van der Waals surface area contributed by atoms with Gasteiger partial charge in [-0.05, 0) is 30.4 Å². The van der Waals surface area contributed by atoms with Crippen LogP contribution in [0, 0.1) is 11.7 Å². The van der Waals surface area contributed by atoms with Gasteiger partial charge in [0, 0.05) is 0 Å². The van der Waals surface area contributed by atoms with Gasteiger partial charge in [-0.1, -0.05) is 51.3 Å². The standard InChI is InChI=1S/C14H21F/c1-12(2)8-4-3-5-9-13-10-6-7-11-14(13)15/h6-7,10-12H,3-5,8-9H2,1-2H3. The SMILES string of the molecule is CC(C)CCCCCc1ccccc1F. The monoisotopic (exact) mass is 208 g/mol. The Kier molecular flexibility index (Phi) is 5.38. The van der Waals surface area contributed by atoms with Crippen LogP contribution in [0.25, 0.3) is 0 Å². The molecule has 0 N–H and O–H groups in total. The van der Waals surface area contributed by atoms with Crippen LogP contribution >= 0.6 is 0 Å². The maximum atomic E-state index is 13.2. The Morgan fingerprint density at radius 1 is 1.07 bits per heavy atom. The van der Waals surface area contributed by atoms with Crippen molar-refractivity contribution >= 4 is 0 Å². The van der Waals surface area contributed by atoms with Gasteiger partial charge in [0.05, 0.1) is 0 Å². The van der Waals surface area contributed by atoms with Crippen LogP contribution in [0.2, 0.25) is 0 Å². The van der Waals surface area contributed by atoms with Crippen molar-refractivity contribution in [1.29, 1.82) is 0 Å². The average molecular weight is 208 g/mol. The van der Waals surface area contributed by atoms with Crippen molar-refractivity contribution in [3.8, 4) is 0 Å². The highest BCUT2D eigenvalue weighted by Gasteiger charge is 2.00. The molecule has 1 aromatic carbocycles. The van der Waals surface area contributed by atoms with Gasteiger partial charge < -0.3 is 0 Å². The fourth-order valence-corrected chi connectivity index (χ4v) is 1.75. The lowest BCUT2D eigenvalue weighted by atomic mass is 10.0. The smallest absolute Gasteiger partial charge is 0.126 e. The van der Waals surface area contributed by atoms with Crippen molar-refractivity contribution < 1.29 is 4.39 Å². The minimum Gasteiger partial charge on any atom is -0.207 e. The van der Waals surface area contributed by atoms with E-state index in [-0.39, 0.29) is 5.82 Å². The molecule has 0 saturated carbocycles. The van der Waals surface area contributed by atoms with Gasteiger partial charge in [0.2, 0.25) is 0 Å². The lowest BCUT2D eigenvalue weighted by Gasteiger charge is -2.05. The van der Waals surface area contributed by atoms with E-state index in [0.29, 0.717) is 0 Å². The van der Waals surface area contributed by atoms with Crippen LogP contribution in [0.4, 0.5) is 4.39 Å². The molecule has 0 aliphatic rings. The third-order valence-corrected chi connectivity index (χ3v) is 2.69. The summed E-state index contributed by atoms with van der Waals surface area (Å²) in [5.41, 5.74) is 0.863. The van der Waals surface area contributed by atoms with E-state index in [1.807, 2.05) is 12.1 Å². The first-order valence-corrected chi connectivity index (χ1v) is 5.93. The van der Waals surface area contributed by atoms with E-state index in [9.17, 15) is 4.39 Å². The highest BCUT2D eigenvalue weighted by Crippen LogP contribution is 2.13. The lowest BCUT2D eigenvalue weighted by molar-refractivity contribution is 0.523. The number of benzene rings is 1. The van der Waals surface area contributed by atoms with E-state index < -0.39 is 0 Å². The lowest BCUT2D eigenvalue weighted by Crippen LogP contribution is -1.92. The van der Waals surface area contributed by atoms with E-state index in [1.54, 1.807) is 12.1 Å². The zero-order valence-corrected chi connectivity index (χ0v) is 9.80. The normalized spacial score (nSPS) is 10.9. The molecule has 0 atom stereocenters. The fraction of sp³-hybridized carbons (Fsp3) is 0.571. The molecule has 0 heterocycles. The molecule has 0 saturated heterocycles. The Balaban J connectivity index is 2.18. The summed E-state index contributed by atoms with van der Waals surface area (Å²) in [7, 11) is 0. The minimum absolute atomic E-state index is 0.0543. The molecule has 1 heteroatoms. The van der Waals surface area contributed by atoms with Gasteiger partial charge in [-0.25, -0.2) is 4.39 Å². The Hall–Kier alpha value is -0.850. The molecule has 0 aromatic heterocycles. The second-order valence-corrected chi connectivity index (χ2v) is 4.58. The molecule has 0 radical (unpaired) electrons. The first-order valence-electron chi connectivity index (χ1n) is 5.93. The van der Waals surface area contributed by atoms with E-state index >= 15 is 0 Å². The number of halogens is 1. The van der Waals surface area contributed by atoms with Crippen molar-refractivity contribution in [3.05, 3.63) is 35.6 Å². The van der Waals surface area contributed by atoms with Gasteiger partial charge in [-0.3, -0.25) is 0 Å². The topological polar surface area (TPSA) is 0 Å². The summed E-state index contributed by atoms with van der Waals surface area (Å²) < 4.78 is 13.2. The first kappa shape index (κ1) is 12.2. The van der Waals surface area contributed by atoms with Gasteiger partial charge in [0.1, 0.15) is 5.82 Å². The molecule has 0 nitrogen and oxygen atoms in total. The number of rotatable bonds is 6. The predicted octanol–water partition coefficient (Wildman–Crippen LogP) is 4.58. The van der Waals surface area contributed by atoms with Gasteiger partial charge in [0.15, 0.2) is 0 Å². The van der Waals surface area contributed by atoms with E-state index in [2.05, 4.69) is 13.8 Å². The zero-order valence-electron chi connectivity index (χ0n) is 9.80. The van der Waals surface area contributed by atoms with E-state index in [4.69, 9.17) is 0 Å². The molecule has 0 aliphatic heterocycles. The molecule has 0 amide bonds. The van der Waals surface area contributed by atoms with E-state index in [1.165, 1.54) is 19.3 Å². The van der Waals surface area contributed by atoms with Gasteiger partial charge >= 0.3 is 0 Å². The van der Waals surface area contributed by atoms with Crippen molar-refractivity contribution in [3.63, 3.8) is 0 Å². The Labute approximate surface area is 92.5 Å². The predicted molar refractivity (Wildman–Crippen MR) is 63.4 cm³/mol. The molecule has 84 valence electrons. The van der Waals surface area contributed by atoms with Crippen LogP contribution in [0.5, 0.6) is 0 Å². The molecule has 0 unspecified atom stereocenters. The van der Waals surface area contributed by atoms with Crippen molar-refractivity contribution in [2.45, 2.75) is 46.0 Å². The number of hydrogen-bond acceptors (Lipinski definition) is 0. The highest BCUT2D eigenvalue weighted by atomic mass is 19.1. The zero-order chi connectivity index (χ0) is 11.1. The molecule has 1 aromatic rings. The number of hydrogen-bond donors (Lipinski definition) is 0. The molecule has 0 bridgehead atoms. The van der Waals surface area contributed by atoms with Crippen molar-refractivity contribution in [1.82, 2.24) is 0 Å². The van der Waals surface area contributed by atoms with Gasteiger partial charge in [-0.15, -0.1) is 0 Å². The molecule has 0 spiro atoms. The van der Waals surface area contributed by atoms with Crippen LogP contribution in [-0.2, 0) is 6.42 Å². The average Bonchev–Trinajstić information content (AvgIpc) is 2.20. The van der Waals surface area contributed by atoms with Crippen LogP contribution in [0.1, 0.15) is 45.1 Å². The van der Waals surface area contributed by atoms with Gasteiger partial charge in [0.25, 0.3) is 0 Å². The van der Waals surface area contributed by atoms with Crippen LogP contribution in [0.15, 0.2) is 24.3 Å². The first-order chi connectivity index (χ1) is 7.20. The third-order valence-electron chi connectivity index (χ3n) is 2.69. The molecule has 15 heavy (non-hydrogen) atoms. The summed E-state index contributed by atoms with van der Waals surface area (Å²) in [5, 5.41) is 0. The Morgan fingerprint density at radius 3 is 2.47 bits per heavy atom. The summed E-state index contributed by atoms with van der Waals surface area (Å²) in [6.45, 7) is 4.49. The Morgan fingerprint density at radius 2 is 1.80 bits per heavy atom. The summed E-state index contributed by atoms with van der Waals surface area (Å²) >= 11 is 0. The number of aryl methyl sites for hydroxylation is 1. The maximum Gasteiger partial charge on any atom is 0.126 e. The number of unbranched alkanes of at least 4 members (excludes halogenated alkanes) is 2. The Bertz CT molecular complexity index is 278. The van der Waals surface area contributed by atoms with Crippen LogP contribution in [-0.4, -0.2) is 0 Å². The van der Waals surface area contributed by atoms with E-state index in [0.717, 1.165) is 24.3 Å². The summed E-state index contributed by atoms with van der Waals surface area (Å²) in [4.78, 5) is 0. The second kappa shape index (κ2) is 6.60. The van der Waals surface area contributed by atoms with Crippen LogP contribution in [0.3, 0.4) is 0 Å². The quantitative estimate of drug-likeness (QED) is 0.600. The third kappa shape index (κ3) is 4.96. The fourth-order valence-electron chi connectivity index (χ4n) is 1.75. The summed E-state index contributed by atoms with van der Waals surface area (Å²) in [5.74, 6) is 0.736. The summed E-state index contributed by atoms with van der Waals surface area (Å²) in [6.07, 6.45) is 5.76. The van der Waals surface area contributed by atoms with Crippen molar-refractivity contribution in [2.24, 2.45) is 5.92 Å². The van der Waals surface area contributed by atoms with Crippen molar-refractivity contribution in [2.75, 3.05) is 0 Å². The van der Waals surface area contributed by atoms with Crippen LogP contribution < -0.4 is 0 Å².